The summed E-state index contributed by atoms with van der Waals surface area (Å²) in [5.74, 6) is 0.398. The summed E-state index contributed by atoms with van der Waals surface area (Å²) in [4.78, 5) is -0.651. The van der Waals surface area contributed by atoms with E-state index in [1.54, 1.807) is 24.3 Å². The summed E-state index contributed by atoms with van der Waals surface area (Å²) in [6, 6.07) is 13.8. The van der Waals surface area contributed by atoms with Crippen LogP contribution in [0.2, 0.25) is 0 Å². The molecule has 0 bridgehead atoms. The molecule has 20 heavy (non-hydrogen) atoms. The van der Waals surface area contributed by atoms with Crippen molar-refractivity contribution in [2.24, 2.45) is 0 Å². The summed E-state index contributed by atoms with van der Waals surface area (Å²) in [7, 11) is 0. The minimum Gasteiger partial charge on any atom is -0.508 e. The minimum atomic E-state index is -0.651. The Morgan fingerprint density at radius 2 is 1.20 bits per heavy atom. The van der Waals surface area contributed by atoms with Crippen LogP contribution in [-0.4, -0.2) is 15.0 Å². The van der Waals surface area contributed by atoms with Crippen molar-refractivity contribution < 1.29 is 10.2 Å². The van der Waals surface area contributed by atoms with Crippen molar-refractivity contribution in [3.8, 4) is 11.5 Å². The van der Waals surface area contributed by atoms with E-state index in [0.29, 0.717) is 6.42 Å². The molecule has 4 heteroatoms. The van der Waals surface area contributed by atoms with Gasteiger partial charge in [0.25, 0.3) is 0 Å². The molecule has 2 nitrogen and oxygen atoms in total. The molecule has 2 N–H and O–H groups in total. The van der Waals surface area contributed by atoms with Crippen LogP contribution >= 0.6 is 23.2 Å². The lowest BCUT2D eigenvalue weighted by Crippen LogP contribution is -2.34. The molecule has 0 radical (unpaired) electrons. The van der Waals surface area contributed by atoms with Gasteiger partial charge >= 0.3 is 0 Å². The Morgan fingerprint density at radius 3 is 1.45 bits per heavy atom. The zero-order valence-corrected chi connectivity index (χ0v) is 12.6. The second-order valence-electron chi connectivity index (χ2n) is 4.72. The molecule has 0 aromatic heterocycles. The van der Waals surface area contributed by atoms with Crippen LogP contribution < -0.4 is 0 Å². The van der Waals surface area contributed by atoms with Gasteiger partial charge in [-0.2, -0.15) is 0 Å². The van der Waals surface area contributed by atoms with E-state index >= 15 is 0 Å². The number of hydrogen-bond donors (Lipinski definition) is 2. The Bertz CT molecular complexity index is 517. The highest BCUT2D eigenvalue weighted by molar-refractivity contribution is 6.45. The van der Waals surface area contributed by atoms with Gasteiger partial charge < -0.3 is 10.2 Å². The molecule has 0 spiro atoms. The molecule has 0 aliphatic carbocycles. The summed E-state index contributed by atoms with van der Waals surface area (Å²) in [6.07, 6.45) is 0.695. The fourth-order valence-electron chi connectivity index (χ4n) is 2.50. The molecule has 0 atom stereocenters. The topological polar surface area (TPSA) is 40.5 Å². The van der Waals surface area contributed by atoms with Crippen molar-refractivity contribution in [1.29, 1.82) is 0 Å². The second kappa shape index (κ2) is 5.94. The van der Waals surface area contributed by atoms with Gasteiger partial charge in [-0.15, -0.1) is 23.2 Å². The molecular formula is C16H16Cl2O2. The highest BCUT2D eigenvalue weighted by atomic mass is 35.5. The normalized spacial score (nSPS) is 11.8. The second-order valence-corrected chi connectivity index (χ2v) is 5.82. The van der Waals surface area contributed by atoms with Crippen molar-refractivity contribution >= 4 is 23.2 Å². The molecule has 0 aliphatic rings. The van der Waals surface area contributed by atoms with Gasteiger partial charge in [0.1, 0.15) is 16.3 Å². The van der Waals surface area contributed by atoms with Crippen LogP contribution in [-0.2, 0) is 5.41 Å². The van der Waals surface area contributed by atoms with Crippen molar-refractivity contribution in [1.82, 2.24) is 0 Å². The first kappa shape index (κ1) is 15.0. The van der Waals surface area contributed by atoms with Gasteiger partial charge in [0.15, 0.2) is 0 Å². The highest BCUT2D eigenvalue weighted by Gasteiger charge is 2.38. The third-order valence-corrected chi connectivity index (χ3v) is 4.44. The number of benzene rings is 2. The zero-order chi connectivity index (χ0) is 14.8. The summed E-state index contributed by atoms with van der Waals surface area (Å²) >= 11 is 12.6. The molecule has 0 fully saturated rings. The van der Waals surface area contributed by atoms with Crippen molar-refractivity contribution in [3.63, 3.8) is 0 Å². The Kier molecular flexibility index (Phi) is 4.46. The predicted molar refractivity (Wildman–Crippen MR) is 82.8 cm³/mol. The van der Waals surface area contributed by atoms with Gasteiger partial charge in [-0.3, -0.25) is 0 Å². The van der Waals surface area contributed by atoms with Gasteiger partial charge in [-0.25, -0.2) is 0 Å². The molecule has 0 heterocycles. The Morgan fingerprint density at radius 1 is 0.850 bits per heavy atom. The summed E-state index contributed by atoms with van der Waals surface area (Å²) < 4.78 is 0. The first-order valence-corrected chi connectivity index (χ1v) is 7.25. The van der Waals surface area contributed by atoms with Crippen LogP contribution in [0, 0.1) is 0 Å². The maximum atomic E-state index is 9.44. The van der Waals surface area contributed by atoms with Crippen molar-refractivity contribution in [2.75, 3.05) is 0 Å². The van der Waals surface area contributed by atoms with Gasteiger partial charge in [0, 0.05) is 0 Å². The number of hydrogen-bond acceptors (Lipinski definition) is 2. The first-order valence-electron chi connectivity index (χ1n) is 6.38. The molecule has 2 aromatic rings. The lowest BCUT2D eigenvalue weighted by Gasteiger charge is -2.35. The number of phenols is 2. The monoisotopic (exact) mass is 310 g/mol. The number of rotatable bonds is 4. The largest absolute Gasteiger partial charge is 0.508 e. The van der Waals surface area contributed by atoms with E-state index in [1.807, 2.05) is 31.2 Å². The standard InChI is InChI=1S/C16H16Cl2O2/c1-2-16(15(17)18,11-3-7-13(19)8-4-11)12-5-9-14(20)10-6-12/h3-10,15,19-20H,2H2,1H3. The fraction of sp³-hybridized carbons (Fsp3) is 0.250. The van der Waals surface area contributed by atoms with Gasteiger partial charge in [0.05, 0.1) is 5.41 Å². The molecule has 0 aliphatic heterocycles. The predicted octanol–water partition coefficient (Wildman–Crippen LogP) is 4.60. The van der Waals surface area contributed by atoms with E-state index in [1.165, 1.54) is 0 Å². The smallest absolute Gasteiger partial charge is 0.121 e. The third kappa shape index (κ3) is 2.58. The molecular weight excluding hydrogens is 295 g/mol. The van der Waals surface area contributed by atoms with Crippen LogP contribution in [0.3, 0.4) is 0 Å². The molecule has 0 amide bonds. The van der Waals surface area contributed by atoms with Crippen molar-refractivity contribution in [3.05, 3.63) is 59.7 Å². The maximum Gasteiger partial charge on any atom is 0.121 e. The Balaban J connectivity index is 2.61. The number of alkyl halides is 2. The van der Waals surface area contributed by atoms with Crippen molar-refractivity contribution in [2.45, 2.75) is 23.6 Å². The van der Waals surface area contributed by atoms with Crippen LogP contribution in [0.25, 0.3) is 0 Å². The van der Waals surface area contributed by atoms with E-state index in [0.717, 1.165) is 11.1 Å². The number of halogens is 2. The SMILES string of the molecule is CCC(c1ccc(O)cc1)(c1ccc(O)cc1)C(Cl)Cl. The van der Waals surface area contributed by atoms with Gasteiger partial charge in [-0.1, -0.05) is 31.2 Å². The van der Waals surface area contributed by atoms with E-state index in [4.69, 9.17) is 23.2 Å². The van der Waals surface area contributed by atoms with Crippen LogP contribution in [0.1, 0.15) is 24.5 Å². The maximum absolute atomic E-state index is 9.44. The van der Waals surface area contributed by atoms with Crippen LogP contribution in [0.5, 0.6) is 11.5 Å². The fourth-order valence-corrected chi connectivity index (χ4v) is 3.31. The van der Waals surface area contributed by atoms with E-state index in [-0.39, 0.29) is 11.5 Å². The quantitative estimate of drug-likeness (QED) is 0.810. The average Bonchev–Trinajstić information content (AvgIpc) is 2.43. The van der Waals surface area contributed by atoms with E-state index in [9.17, 15) is 10.2 Å². The highest BCUT2D eigenvalue weighted by Crippen LogP contribution is 2.43. The third-order valence-electron chi connectivity index (χ3n) is 3.70. The summed E-state index contributed by atoms with van der Waals surface area (Å²) in [5.41, 5.74) is 1.28. The molecule has 2 rings (SSSR count). The average molecular weight is 311 g/mol. The Labute approximate surface area is 128 Å². The van der Waals surface area contributed by atoms with E-state index < -0.39 is 10.3 Å². The van der Waals surface area contributed by atoms with Crippen LogP contribution in [0.15, 0.2) is 48.5 Å². The van der Waals surface area contributed by atoms with E-state index in [2.05, 4.69) is 0 Å². The number of aromatic hydroxyl groups is 2. The lowest BCUT2D eigenvalue weighted by molar-refractivity contribution is 0.471. The van der Waals surface area contributed by atoms with Crippen LogP contribution in [0.4, 0.5) is 0 Å². The molecule has 0 saturated carbocycles. The Hall–Kier alpha value is -1.38. The first-order chi connectivity index (χ1) is 9.50. The zero-order valence-electron chi connectivity index (χ0n) is 11.1. The molecule has 106 valence electrons. The van der Waals surface area contributed by atoms with Gasteiger partial charge in [0.2, 0.25) is 0 Å². The summed E-state index contributed by atoms with van der Waals surface area (Å²) in [5, 5.41) is 18.9. The number of phenolic OH excluding ortho intramolecular Hbond substituents is 2. The summed E-state index contributed by atoms with van der Waals surface area (Å²) in [6.45, 7) is 2.01. The molecule has 2 aromatic carbocycles. The lowest BCUT2D eigenvalue weighted by atomic mass is 9.74. The molecule has 0 saturated heterocycles. The molecule has 0 unspecified atom stereocenters. The van der Waals surface area contributed by atoms with Gasteiger partial charge in [-0.05, 0) is 41.8 Å². The minimum absolute atomic E-state index is 0.199.